The van der Waals surface area contributed by atoms with Crippen molar-refractivity contribution >= 4 is 89.0 Å². The molecule has 8 nitrogen and oxygen atoms in total. The molecule has 3 aromatic rings. The van der Waals surface area contributed by atoms with Crippen LogP contribution in [0.3, 0.4) is 0 Å². The Bertz CT molecular complexity index is 1390. The van der Waals surface area contributed by atoms with Crippen LogP contribution in [0.4, 0.5) is 16.2 Å². The monoisotopic (exact) mass is 675 g/mol. The van der Waals surface area contributed by atoms with Crippen molar-refractivity contribution in [3.8, 4) is 5.75 Å². The zero-order valence-electron chi connectivity index (χ0n) is 18.3. The van der Waals surface area contributed by atoms with Crippen molar-refractivity contribution in [2.24, 2.45) is 0 Å². The topological polar surface area (TPSA) is 105 Å². The Balaban J connectivity index is 1.63. The smallest absolute Gasteiger partial charge is 0.335 e. The number of carbonyl (C=O) groups is 4. The molecular weight excluding hydrogens is 662 g/mol. The predicted octanol–water partition coefficient (Wildman–Crippen LogP) is 5.66. The van der Waals surface area contributed by atoms with E-state index in [1.807, 2.05) is 6.07 Å². The van der Waals surface area contributed by atoms with E-state index in [2.05, 4.69) is 58.4 Å². The van der Waals surface area contributed by atoms with Gasteiger partial charge in [0.15, 0.2) is 6.61 Å². The first kappa shape index (κ1) is 25.8. The summed E-state index contributed by atoms with van der Waals surface area (Å²) >= 11 is 10.1. The maximum Gasteiger partial charge on any atom is 0.335 e. The van der Waals surface area contributed by atoms with Crippen LogP contribution in [0, 0.1) is 0 Å². The number of nitrogens with one attached hydrogen (secondary N) is 2. The molecule has 0 spiro atoms. The zero-order valence-corrected chi connectivity index (χ0v) is 23.0. The molecule has 1 fully saturated rings. The Morgan fingerprint density at radius 1 is 0.944 bits per heavy atom. The number of benzene rings is 3. The van der Waals surface area contributed by atoms with Gasteiger partial charge in [0.05, 0.1) is 10.2 Å². The molecule has 11 heteroatoms. The fraction of sp³-hybridized carbons (Fsp3) is 0.0400. The van der Waals surface area contributed by atoms with Crippen molar-refractivity contribution in [3.05, 3.63) is 91.3 Å². The molecule has 0 saturated carbocycles. The van der Waals surface area contributed by atoms with Crippen molar-refractivity contribution < 1.29 is 23.9 Å². The highest BCUT2D eigenvalue weighted by Gasteiger charge is 2.37. The third-order valence-corrected chi connectivity index (χ3v) is 6.50. The van der Waals surface area contributed by atoms with E-state index in [0.29, 0.717) is 25.9 Å². The highest BCUT2D eigenvalue weighted by Crippen LogP contribution is 2.35. The van der Waals surface area contributed by atoms with E-state index in [-0.39, 0.29) is 17.9 Å². The summed E-state index contributed by atoms with van der Waals surface area (Å²) in [6.07, 6.45) is 1.32. The van der Waals surface area contributed by atoms with Crippen LogP contribution in [-0.4, -0.2) is 30.4 Å². The highest BCUT2D eigenvalue weighted by atomic mass is 79.9. The van der Waals surface area contributed by atoms with Crippen LogP contribution in [0.2, 0.25) is 0 Å². The molecule has 4 rings (SSSR count). The number of hydrogen-bond donors (Lipinski definition) is 2. The molecule has 2 N–H and O–H groups in total. The quantitative estimate of drug-likeness (QED) is 0.259. The predicted molar refractivity (Wildman–Crippen MR) is 146 cm³/mol. The number of anilines is 2. The van der Waals surface area contributed by atoms with Gasteiger partial charge in [-0.2, -0.15) is 0 Å². The standard InChI is InChI=1S/C25H16Br3N3O5/c26-15-6-8-18(9-7-15)31-24(34)19(23(33)30-25(31)35)11-14-10-16(27)12-20(28)22(14)36-13-21(32)29-17-4-2-1-3-5-17/h1-12H,13H2,(H,29,32)(H,30,33,35)/b19-11+. The van der Waals surface area contributed by atoms with Crippen LogP contribution < -0.4 is 20.3 Å². The number of urea groups is 1. The van der Waals surface area contributed by atoms with Gasteiger partial charge in [-0.25, -0.2) is 9.69 Å². The number of carbonyl (C=O) groups excluding carboxylic acids is 4. The van der Waals surface area contributed by atoms with Gasteiger partial charge in [-0.3, -0.25) is 19.7 Å². The van der Waals surface area contributed by atoms with E-state index in [1.54, 1.807) is 60.7 Å². The summed E-state index contributed by atoms with van der Waals surface area (Å²) in [5.74, 6) is -1.80. The van der Waals surface area contributed by atoms with Crippen molar-refractivity contribution in [1.82, 2.24) is 5.32 Å². The molecule has 0 unspecified atom stereocenters. The lowest BCUT2D eigenvalue weighted by Crippen LogP contribution is -2.54. The Labute approximate surface area is 231 Å². The minimum absolute atomic E-state index is 0.238. The number of halogens is 3. The lowest BCUT2D eigenvalue weighted by molar-refractivity contribution is -0.122. The number of amides is 5. The molecule has 0 aliphatic carbocycles. The molecular formula is C25H16Br3N3O5. The summed E-state index contributed by atoms with van der Waals surface area (Å²) in [6, 6.07) is 17.9. The summed E-state index contributed by atoms with van der Waals surface area (Å²) in [4.78, 5) is 51.6. The van der Waals surface area contributed by atoms with Crippen molar-refractivity contribution in [2.45, 2.75) is 0 Å². The fourth-order valence-corrected chi connectivity index (χ4v) is 4.97. The second-order valence-corrected chi connectivity index (χ2v) is 10.1. The summed E-state index contributed by atoms with van der Waals surface area (Å²) in [7, 11) is 0. The van der Waals surface area contributed by atoms with Crippen molar-refractivity contribution in [3.63, 3.8) is 0 Å². The molecule has 0 atom stereocenters. The lowest BCUT2D eigenvalue weighted by Gasteiger charge is -2.26. The van der Waals surface area contributed by atoms with E-state index < -0.39 is 23.8 Å². The van der Waals surface area contributed by atoms with Crippen LogP contribution >= 0.6 is 47.8 Å². The zero-order chi connectivity index (χ0) is 25.8. The van der Waals surface area contributed by atoms with Gasteiger partial charge in [0, 0.05) is 20.2 Å². The van der Waals surface area contributed by atoms with E-state index >= 15 is 0 Å². The first-order chi connectivity index (χ1) is 17.2. The average molecular weight is 678 g/mol. The first-order valence-corrected chi connectivity index (χ1v) is 12.7. The minimum Gasteiger partial charge on any atom is -0.482 e. The Morgan fingerprint density at radius 2 is 1.64 bits per heavy atom. The lowest BCUT2D eigenvalue weighted by atomic mass is 10.1. The maximum absolute atomic E-state index is 13.2. The van der Waals surface area contributed by atoms with Crippen LogP contribution in [0.5, 0.6) is 5.75 Å². The van der Waals surface area contributed by atoms with Gasteiger partial charge in [0.2, 0.25) is 0 Å². The van der Waals surface area contributed by atoms with Gasteiger partial charge in [-0.05, 0) is 70.5 Å². The summed E-state index contributed by atoms with van der Waals surface area (Å²) in [6.45, 7) is -0.324. The van der Waals surface area contributed by atoms with Gasteiger partial charge >= 0.3 is 6.03 Å². The first-order valence-electron chi connectivity index (χ1n) is 10.4. The van der Waals surface area contributed by atoms with Gasteiger partial charge < -0.3 is 10.1 Å². The Kier molecular flexibility index (Phi) is 8.02. The molecule has 0 radical (unpaired) electrons. The summed E-state index contributed by atoms with van der Waals surface area (Å²) < 4.78 is 7.64. The molecule has 1 saturated heterocycles. The van der Waals surface area contributed by atoms with Crippen LogP contribution in [0.15, 0.2) is 85.7 Å². The summed E-state index contributed by atoms with van der Waals surface area (Å²) in [5, 5.41) is 4.91. The number of imide groups is 2. The molecule has 0 aromatic heterocycles. The van der Waals surface area contributed by atoms with Crippen LogP contribution in [0.25, 0.3) is 6.08 Å². The van der Waals surface area contributed by atoms with Gasteiger partial charge in [0.25, 0.3) is 17.7 Å². The van der Waals surface area contributed by atoms with E-state index in [4.69, 9.17) is 4.74 Å². The summed E-state index contributed by atoms with van der Waals surface area (Å²) in [5.41, 5.74) is 0.975. The van der Waals surface area contributed by atoms with Gasteiger partial charge in [-0.1, -0.05) is 50.1 Å². The number of para-hydroxylation sites is 1. The molecule has 1 aliphatic rings. The molecule has 36 heavy (non-hydrogen) atoms. The Hall–Kier alpha value is -3.28. The number of hydrogen-bond acceptors (Lipinski definition) is 5. The van der Waals surface area contributed by atoms with Gasteiger partial charge in [0.1, 0.15) is 11.3 Å². The number of ether oxygens (including phenoxy) is 1. The van der Waals surface area contributed by atoms with E-state index in [9.17, 15) is 19.2 Å². The SMILES string of the molecule is O=C(COc1c(Br)cc(Br)cc1/C=C1\C(=O)NC(=O)N(c2ccc(Br)cc2)C1=O)Nc1ccccc1. The number of rotatable bonds is 6. The van der Waals surface area contributed by atoms with Crippen LogP contribution in [0.1, 0.15) is 5.56 Å². The Morgan fingerprint density at radius 3 is 2.33 bits per heavy atom. The third kappa shape index (κ3) is 5.92. The second-order valence-electron chi connectivity index (χ2n) is 7.44. The molecule has 5 amide bonds. The minimum atomic E-state index is -0.853. The highest BCUT2D eigenvalue weighted by molar-refractivity contribution is 9.11. The van der Waals surface area contributed by atoms with Gasteiger partial charge in [-0.15, -0.1) is 0 Å². The molecule has 1 aliphatic heterocycles. The number of barbiturate groups is 1. The molecule has 182 valence electrons. The molecule has 3 aromatic carbocycles. The molecule has 1 heterocycles. The van der Waals surface area contributed by atoms with Crippen molar-refractivity contribution in [2.75, 3.05) is 16.8 Å². The van der Waals surface area contributed by atoms with Crippen LogP contribution in [-0.2, 0) is 14.4 Å². The van der Waals surface area contributed by atoms with E-state index in [0.717, 1.165) is 9.37 Å². The van der Waals surface area contributed by atoms with Crippen molar-refractivity contribution in [1.29, 1.82) is 0 Å². The largest absolute Gasteiger partial charge is 0.482 e. The van der Waals surface area contributed by atoms with E-state index in [1.165, 1.54) is 6.08 Å². The fourth-order valence-electron chi connectivity index (χ4n) is 3.33. The maximum atomic E-state index is 13.2. The normalized spacial score (nSPS) is 14.6. The second kappa shape index (κ2) is 11.2. The molecule has 0 bridgehead atoms. The number of nitrogens with zero attached hydrogens (tertiary/aromatic N) is 1. The third-order valence-electron chi connectivity index (χ3n) is 4.93. The average Bonchev–Trinajstić information content (AvgIpc) is 2.83.